The van der Waals surface area contributed by atoms with Crippen molar-refractivity contribution in [2.45, 2.75) is 49.9 Å². The van der Waals surface area contributed by atoms with Gasteiger partial charge in [-0.15, -0.1) is 0 Å². The van der Waals surface area contributed by atoms with Crippen LogP contribution in [0.1, 0.15) is 24.8 Å². The zero-order chi connectivity index (χ0) is 28.4. The molecule has 4 unspecified atom stereocenters. The Hall–Kier alpha value is -4.11. The molecule has 1 aromatic carbocycles. The van der Waals surface area contributed by atoms with E-state index in [9.17, 15) is 33.9 Å². The lowest BCUT2D eigenvalue weighted by Crippen LogP contribution is -2.58. The maximum absolute atomic E-state index is 12.9. The highest BCUT2D eigenvalue weighted by molar-refractivity contribution is 7.80. The Kier molecular flexibility index (Phi) is 11.1. The van der Waals surface area contributed by atoms with Gasteiger partial charge in [-0.05, 0) is 18.1 Å². The summed E-state index contributed by atoms with van der Waals surface area (Å²) in [5.41, 5.74) is 12.0. The van der Waals surface area contributed by atoms with Crippen LogP contribution in [-0.2, 0) is 35.2 Å². The van der Waals surface area contributed by atoms with Gasteiger partial charge in [0.15, 0.2) is 0 Å². The molecule has 38 heavy (non-hydrogen) atoms. The number of para-hydroxylation sites is 1. The van der Waals surface area contributed by atoms with Gasteiger partial charge in [0, 0.05) is 35.7 Å². The number of fused-ring (bicyclic) bond motifs is 1. The quantitative estimate of drug-likeness (QED) is 0.114. The van der Waals surface area contributed by atoms with Gasteiger partial charge >= 0.3 is 11.9 Å². The van der Waals surface area contributed by atoms with E-state index in [1.807, 2.05) is 12.1 Å². The van der Waals surface area contributed by atoms with Crippen molar-refractivity contribution in [3.63, 3.8) is 0 Å². The molecule has 206 valence electrons. The molecule has 0 aliphatic rings. The Morgan fingerprint density at radius 2 is 1.53 bits per heavy atom. The van der Waals surface area contributed by atoms with Gasteiger partial charge in [0.1, 0.15) is 18.1 Å². The van der Waals surface area contributed by atoms with Gasteiger partial charge in [0.25, 0.3) is 0 Å². The van der Waals surface area contributed by atoms with Crippen molar-refractivity contribution in [2.24, 2.45) is 11.5 Å². The summed E-state index contributed by atoms with van der Waals surface area (Å²) in [5.74, 6) is -6.35. The Morgan fingerprint density at radius 3 is 2.13 bits per heavy atom. The molecule has 1 heterocycles. The fourth-order valence-corrected chi connectivity index (χ4v) is 3.84. The zero-order valence-corrected chi connectivity index (χ0v) is 21.1. The van der Waals surface area contributed by atoms with Gasteiger partial charge in [0.05, 0.1) is 12.5 Å². The summed E-state index contributed by atoms with van der Waals surface area (Å²) in [6, 6.07) is 1.78. The number of primary amides is 1. The third-order valence-electron chi connectivity index (χ3n) is 5.57. The smallest absolute Gasteiger partial charge is 0.326 e. The first-order valence-corrected chi connectivity index (χ1v) is 12.1. The number of rotatable bonds is 15. The van der Waals surface area contributed by atoms with E-state index < -0.39 is 72.6 Å². The number of carboxylic acids is 2. The highest BCUT2D eigenvalue weighted by Crippen LogP contribution is 2.19. The van der Waals surface area contributed by atoms with E-state index in [1.54, 1.807) is 18.3 Å². The summed E-state index contributed by atoms with van der Waals surface area (Å²) in [7, 11) is 0. The number of hydrogen-bond donors (Lipinski definition) is 9. The molecule has 4 amide bonds. The molecular formula is C23H30N6O8S. The van der Waals surface area contributed by atoms with E-state index in [4.69, 9.17) is 16.6 Å². The first-order chi connectivity index (χ1) is 17.9. The van der Waals surface area contributed by atoms with Gasteiger partial charge in [-0.1, -0.05) is 18.2 Å². The predicted octanol–water partition coefficient (Wildman–Crippen LogP) is -1.75. The number of carbonyl (C=O) groups excluding carboxylic acids is 4. The van der Waals surface area contributed by atoms with E-state index in [0.29, 0.717) is 5.56 Å². The van der Waals surface area contributed by atoms with Crippen LogP contribution in [0.3, 0.4) is 0 Å². The molecular weight excluding hydrogens is 520 g/mol. The number of H-pyrrole nitrogens is 1. The molecule has 0 saturated carbocycles. The second-order valence-corrected chi connectivity index (χ2v) is 8.84. The third-order valence-corrected chi connectivity index (χ3v) is 5.93. The fraction of sp³-hybridized carbons (Fsp3) is 0.391. The zero-order valence-electron chi connectivity index (χ0n) is 20.2. The lowest BCUT2D eigenvalue weighted by molar-refractivity contribution is -0.142. The van der Waals surface area contributed by atoms with E-state index in [0.717, 1.165) is 10.9 Å². The molecule has 0 fully saturated rings. The van der Waals surface area contributed by atoms with Crippen LogP contribution in [0.2, 0.25) is 0 Å². The first kappa shape index (κ1) is 30.1. The van der Waals surface area contributed by atoms with Crippen LogP contribution in [0.25, 0.3) is 10.9 Å². The number of aliphatic carboxylic acids is 2. The van der Waals surface area contributed by atoms with Crippen molar-refractivity contribution in [3.8, 4) is 0 Å². The van der Waals surface area contributed by atoms with Crippen LogP contribution in [0.4, 0.5) is 0 Å². The topological polar surface area (TPSA) is 247 Å². The minimum absolute atomic E-state index is 0.0482. The van der Waals surface area contributed by atoms with Crippen molar-refractivity contribution in [1.29, 1.82) is 0 Å². The van der Waals surface area contributed by atoms with Crippen LogP contribution in [0, 0.1) is 0 Å². The number of nitrogens with two attached hydrogens (primary N) is 2. The molecule has 0 saturated heterocycles. The maximum Gasteiger partial charge on any atom is 0.326 e. The van der Waals surface area contributed by atoms with Gasteiger partial charge in [-0.2, -0.15) is 12.6 Å². The summed E-state index contributed by atoms with van der Waals surface area (Å²) in [6.45, 7) is 0. The van der Waals surface area contributed by atoms with Crippen LogP contribution in [0.5, 0.6) is 0 Å². The maximum atomic E-state index is 12.9. The van der Waals surface area contributed by atoms with Crippen molar-refractivity contribution < 1.29 is 39.0 Å². The SMILES string of the molecule is NC(=O)CC(N)C(=O)NC(CCC(=O)O)C(=O)NC(CS)C(=O)NC(Cc1c[nH]c2ccccc12)C(=O)O. The molecule has 1 aromatic heterocycles. The Balaban J connectivity index is 2.10. The number of aromatic amines is 1. The van der Waals surface area contributed by atoms with E-state index in [-0.39, 0.29) is 18.6 Å². The highest BCUT2D eigenvalue weighted by atomic mass is 32.1. The van der Waals surface area contributed by atoms with Crippen molar-refractivity contribution in [3.05, 3.63) is 36.0 Å². The van der Waals surface area contributed by atoms with E-state index >= 15 is 0 Å². The minimum Gasteiger partial charge on any atom is -0.481 e. The molecule has 2 rings (SSSR count). The molecule has 0 bridgehead atoms. The number of benzene rings is 1. The third kappa shape index (κ3) is 8.77. The van der Waals surface area contributed by atoms with Gasteiger partial charge < -0.3 is 42.6 Å². The number of hydrogen-bond acceptors (Lipinski definition) is 8. The van der Waals surface area contributed by atoms with Crippen molar-refractivity contribution >= 4 is 59.1 Å². The first-order valence-electron chi connectivity index (χ1n) is 11.5. The summed E-state index contributed by atoms with van der Waals surface area (Å²) in [5, 5.41) is 26.4. The Morgan fingerprint density at radius 1 is 0.921 bits per heavy atom. The summed E-state index contributed by atoms with van der Waals surface area (Å²) in [6.07, 6.45) is 0.229. The molecule has 0 aliphatic carbocycles. The number of aromatic nitrogens is 1. The normalized spacial score (nSPS) is 14.1. The van der Waals surface area contributed by atoms with Crippen molar-refractivity contribution in [1.82, 2.24) is 20.9 Å². The van der Waals surface area contributed by atoms with E-state index in [2.05, 4.69) is 33.6 Å². The molecule has 0 aliphatic heterocycles. The molecule has 14 nitrogen and oxygen atoms in total. The molecule has 0 radical (unpaired) electrons. The monoisotopic (exact) mass is 550 g/mol. The summed E-state index contributed by atoms with van der Waals surface area (Å²) < 4.78 is 0. The van der Waals surface area contributed by atoms with Crippen LogP contribution in [0.15, 0.2) is 30.5 Å². The standard InChI is InChI=1S/C23H30N6O8S/c24-13(8-18(25)30)20(33)27-15(5-6-19(31)32)21(34)29-17(10-38)22(35)28-16(23(36)37)7-11-9-26-14-4-2-1-3-12(11)14/h1-4,9,13,15-17,26,38H,5-8,10,24H2,(H2,25,30)(H,27,33)(H,28,35)(H,29,34)(H,31,32)(H,36,37). The number of thiol groups is 1. The number of carbonyl (C=O) groups is 6. The molecule has 2 aromatic rings. The average Bonchev–Trinajstić information content (AvgIpc) is 3.26. The van der Waals surface area contributed by atoms with Crippen LogP contribution >= 0.6 is 12.6 Å². The second kappa shape index (κ2) is 14.0. The fourth-order valence-electron chi connectivity index (χ4n) is 3.58. The molecule has 4 atom stereocenters. The van der Waals surface area contributed by atoms with Gasteiger partial charge in [-0.3, -0.25) is 24.0 Å². The highest BCUT2D eigenvalue weighted by Gasteiger charge is 2.30. The average molecular weight is 551 g/mol. The summed E-state index contributed by atoms with van der Waals surface area (Å²) in [4.78, 5) is 74.9. The largest absolute Gasteiger partial charge is 0.481 e. The van der Waals surface area contributed by atoms with Crippen LogP contribution in [-0.4, -0.2) is 80.7 Å². The van der Waals surface area contributed by atoms with Gasteiger partial charge in [0.2, 0.25) is 23.6 Å². The Labute approximate surface area is 222 Å². The summed E-state index contributed by atoms with van der Waals surface area (Å²) >= 11 is 4.05. The molecule has 15 heteroatoms. The van der Waals surface area contributed by atoms with Gasteiger partial charge in [-0.25, -0.2) is 4.79 Å². The Bertz CT molecular complexity index is 1200. The lowest BCUT2D eigenvalue weighted by Gasteiger charge is -2.24. The van der Waals surface area contributed by atoms with Crippen molar-refractivity contribution in [2.75, 3.05) is 5.75 Å². The lowest BCUT2D eigenvalue weighted by atomic mass is 10.0. The number of amides is 4. The molecule has 0 spiro atoms. The number of carboxylic acid groups (broad SMARTS) is 2. The molecule has 10 N–H and O–H groups in total. The number of nitrogens with one attached hydrogen (secondary N) is 4. The second-order valence-electron chi connectivity index (χ2n) is 8.48. The predicted molar refractivity (Wildman–Crippen MR) is 138 cm³/mol. The van der Waals surface area contributed by atoms with E-state index in [1.165, 1.54) is 0 Å². The minimum atomic E-state index is -1.42. The van der Waals surface area contributed by atoms with Crippen LogP contribution < -0.4 is 27.4 Å².